The lowest BCUT2D eigenvalue weighted by Gasteiger charge is -2.14. The second-order valence-corrected chi connectivity index (χ2v) is 5.16. The fraction of sp³-hybridized carbons (Fsp3) is 0.571. The van der Waals surface area contributed by atoms with Gasteiger partial charge in [0.15, 0.2) is 0 Å². The third-order valence-electron chi connectivity index (χ3n) is 2.81. The summed E-state index contributed by atoms with van der Waals surface area (Å²) < 4.78 is 0. The van der Waals surface area contributed by atoms with E-state index in [-0.39, 0.29) is 0 Å². The van der Waals surface area contributed by atoms with Crippen LogP contribution in [0.4, 0.5) is 0 Å². The van der Waals surface area contributed by atoms with Crippen LogP contribution in [0.5, 0.6) is 0 Å². The molecule has 0 aliphatic heterocycles. The van der Waals surface area contributed by atoms with Gasteiger partial charge in [0.05, 0.1) is 6.10 Å². The largest absolute Gasteiger partial charge is 0.387 e. The molecule has 0 aromatic heterocycles. The molecule has 0 saturated carbocycles. The Labute approximate surface area is 115 Å². The topological polar surface area (TPSA) is 35.5 Å². The highest BCUT2D eigenvalue weighted by Crippen LogP contribution is 2.21. The van der Waals surface area contributed by atoms with Crippen molar-refractivity contribution >= 4 is 11.6 Å². The van der Waals surface area contributed by atoms with Gasteiger partial charge in [-0.25, -0.2) is 0 Å². The minimum absolute atomic E-state index is 0.535. The fourth-order valence-electron chi connectivity index (χ4n) is 1.77. The van der Waals surface area contributed by atoms with Gasteiger partial charge < -0.3 is 15.3 Å². The van der Waals surface area contributed by atoms with Gasteiger partial charge in [0, 0.05) is 17.1 Å². The minimum atomic E-state index is -0.535. The molecule has 0 heterocycles. The summed E-state index contributed by atoms with van der Waals surface area (Å²) in [6.07, 6.45) is 1.75. The average molecular weight is 271 g/mol. The van der Waals surface area contributed by atoms with E-state index in [1.807, 2.05) is 18.2 Å². The number of aliphatic hydroxyl groups excluding tert-OH is 1. The molecular formula is C14H23ClN2O. The molecule has 0 bridgehead atoms. The van der Waals surface area contributed by atoms with Gasteiger partial charge in [-0.3, -0.25) is 0 Å². The zero-order chi connectivity index (χ0) is 13.4. The lowest BCUT2D eigenvalue weighted by atomic mass is 10.1. The molecule has 0 amide bonds. The Morgan fingerprint density at radius 2 is 2.00 bits per heavy atom. The monoisotopic (exact) mass is 270 g/mol. The van der Waals surface area contributed by atoms with E-state index in [1.165, 1.54) is 6.42 Å². The van der Waals surface area contributed by atoms with E-state index < -0.39 is 6.10 Å². The van der Waals surface area contributed by atoms with Crippen LogP contribution in [0, 0.1) is 0 Å². The van der Waals surface area contributed by atoms with E-state index in [0.717, 1.165) is 25.1 Å². The summed E-state index contributed by atoms with van der Waals surface area (Å²) >= 11 is 6.02. The average Bonchev–Trinajstić information content (AvgIpc) is 2.33. The highest BCUT2D eigenvalue weighted by atomic mass is 35.5. The maximum atomic E-state index is 9.99. The normalized spacial score (nSPS) is 12.9. The van der Waals surface area contributed by atoms with Crippen LogP contribution in [0.2, 0.25) is 5.02 Å². The van der Waals surface area contributed by atoms with Gasteiger partial charge in [0.25, 0.3) is 0 Å². The van der Waals surface area contributed by atoms with Crippen LogP contribution in [-0.4, -0.2) is 43.7 Å². The van der Waals surface area contributed by atoms with Gasteiger partial charge in [-0.05, 0) is 46.1 Å². The van der Waals surface area contributed by atoms with Crippen molar-refractivity contribution in [3.63, 3.8) is 0 Å². The number of hydrogen-bond donors (Lipinski definition) is 2. The van der Waals surface area contributed by atoms with Crippen molar-refractivity contribution in [2.45, 2.75) is 18.9 Å². The van der Waals surface area contributed by atoms with Crippen LogP contribution in [0.3, 0.4) is 0 Å². The van der Waals surface area contributed by atoms with Gasteiger partial charge in [-0.1, -0.05) is 29.8 Å². The van der Waals surface area contributed by atoms with Gasteiger partial charge in [-0.15, -0.1) is 0 Å². The van der Waals surface area contributed by atoms with Crippen molar-refractivity contribution < 1.29 is 5.11 Å². The van der Waals surface area contributed by atoms with E-state index >= 15 is 0 Å². The van der Waals surface area contributed by atoms with E-state index in [4.69, 9.17) is 11.6 Å². The van der Waals surface area contributed by atoms with E-state index in [2.05, 4.69) is 24.3 Å². The number of nitrogens with one attached hydrogen (secondary N) is 1. The smallest absolute Gasteiger partial charge is 0.0928 e. The van der Waals surface area contributed by atoms with Crippen LogP contribution in [0.15, 0.2) is 24.3 Å². The van der Waals surface area contributed by atoms with Crippen molar-refractivity contribution in [1.29, 1.82) is 0 Å². The third-order valence-corrected chi connectivity index (χ3v) is 3.15. The molecule has 1 unspecified atom stereocenters. The van der Waals surface area contributed by atoms with Crippen molar-refractivity contribution in [1.82, 2.24) is 10.2 Å². The van der Waals surface area contributed by atoms with Crippen molar-refractivity contribution in [2.24, 2.45) is 0 Å². The number of benzene rings is 1. The fourth-order valence-corrected chi connectivity index (χ4v) is 2.03. The molecule has 0 fully saturated rings. The number of unbranched alkanes of at least 4 members (excludes halogenated alkanes) is 1. The van der Waals surface area contributed by atoms with E-state index in [9.17, 15) is 5.11 Å². The molecule has 102 valence electrons. The molecule has 0 saturated heterocycles. The molecule has 3 nitrogen and oxygen atoms in total. The number of nitrogens with zero attached hydrogens (tertiary/aromatic N) is 1. The van der Waals surface area contributed by atoms with Gasteiger partial charge in [-0.2, -0.15) is 0 Å². The SMILES string of the molecule is CN(C)CCCCNCC(O)c1ccccc1Cl. The Balaban J connectivity index is 2.18. The molecule has 0 radical (unpaired) electrons. The molecule has 1 rings (SSSR count). The van der Waals surface area contributed by atoms with Gasteiger partial charge in [0.1, 0.15) is 0 Å². The third kappa shape index (κ3) is 5.83. The van der Waals surface area contributed by atoms with Crippen molar-refractivity contribution in [3.8, 4) is 0 Å². The standard InChI is InChI=1S/C14H23ClN2O/c1-17(2)10-6-5-9-16-11-14(18)12-7-3-4-8-13(12)15/h3-4,7-8,14,16,18H,5-6,9-11H2,1-2H3. The lowest BCUT2D eigenvalue weighted by molar-refractivity contribution is 0.174. The number of aliphatic hydroxyl groups is 1. The first-order chi connectivity index (χ1) is 8.61. The zero-order valence-electron chi connectivity index (χ0n) is 11.2. The molecule has 18 heavy (non-hydrogen) atoms. The lowest BCUT2D eigenvalue weighted by Crippen LogP contribution is -2.23. The highest BCUT2D eigenvalue weighted by molar-refractivity contribution is 6.31. The summed E-state index contributed by atoms with van der Waals surface area (Å²) in [5.41, 5.74) is 0.792. The molecule has 1 aromatic rings. The maximum absolute atomic E-state index is 9.99. The minimum Gasteiger partial charge on any atom is -0.387 e. The summed E-state index contributed by atoms with van der Waals surface area (Å²) in [5.74, 6) is 0. The second-order valence-electron chi connectivity index (χ2n) is 4.75. The number of rotatable bonds is 8. The summed E-state index contributed by atoms with van der Waals surface area (Å²) in [4.78, 5) is 2.18. The maximum Gasteiger partial charge on any atom is 0.0928 e. The summed E-state index contributed by atoms with van der Waals surface area (Å²) in [7, 11) is 4.16. The predicted molar refractivity (Wildman–Crippen MR) is 77.1 cm³/mol. The molecule has 1 atom stereocenters. The Bertz CT molecular complexity index is 344. The summed E-state index contributed by atoms with van der Waals surface area (Å²) in [5, 5.41) is 13.9. The van der Waals surface area contributed by atoms with Gasteiger partial charge in [0.2, 0.25) is 0 Å². The summed E-state index contributed by atoms with van der Waals surface area (Å²) in [6, 6.07) is 7.42. The molecule has 0 aliphatic rings. The van der Waals surface area contributed by atoms with E-state index in [1.54, 1.807) is 6.07 Å². The Kier molecular flexibility index (Phi) is 7.28. The first kappa shape index (κ1) is 15.4. The quantitative estimate of drug-likeness (QED) is 0.712. The van der Waals surface area contributed by atoms with Crippen LogP contribution in [0.1, 0.15) is 24.5 Å². The Morgan fingerprint density at radius 3 is 2.67 bits per heavy atom. The first-order valence-corrected chi connectivity index (χ1v) is 6.77. The van der Waals surface area contributed by atoms with Crippen LogP contribution < -0.4 is 5.32 Å². The molecule has 0 spiro atoms. The van der Waals surface area contributed by atoms with Crippen LogP contribution >= 0.6 is 11.6 Å². The number of hydrogen-bond acceptors (Lipinski definition) is 3. The Hall–Kier alpha value is -0.610. The molecule has 0 aliphatic carbocycles. The number of halogens is 1. The molecular weight excluding hydrogens is 248 g/mol. The van der Waals surface area contributed by atoms with Crippen molar-refractivity contribution in [2.75, 3.05) is 33.7 Å². The van der Waals surface area contributed by atoms with Crippen LogP contribution in [-0.2, 0) is 0 Å². The van der Waals surface area contributed by atoms with Crippen molar-refractivity contribution in [3.05, 3.63) is 34.9 Å². The van der Waals surface area contributed by atoms with E-state index in [0.29, 0.717) is 11.6 Å². The first-order valence-electron chi connectivity index (χ1n) is 6.39. The zero-order valence-corrected chi connectivity index (χ0v) is 12.0. The highest BCUT2D eigenvalue weighted by Gasteiger charge is 2.09. The van der Waals surface area contributed by atoms with Crippen LogP contribution in [0.25, 0.3) is 0 Å². The molecule has 2 N–H and O–H groups in total. The molecule has 1 aromatic carbocycles. The predicted octanol–water partition coefficient (Wildman–Crippen LogP) is 2.30. The van der Waals surface area contributed by atoms with Gasteiger partial charge >= 0.3 is 0 Å². The Morgan fingerprint density at radius 1 is 1.28 bits per heavy atom. The molecule has 4 heteroatoms. The summed E-state index contributed by atoms with van der Waals surface area (Å²) in [6.45, 7) is 2.58. The second kappa shape index (κ2) is 8.48.